The van der Waals surface area contributed by atoms with Crippen molar-refractivity contribution in [2.24, 2.45) is 7.05 Å². The second-order valence-electron chi connectivity index (χ2n) is 5.13. The Labute approximate surface area is 133 Å². The molecule has 7 heteroatoms. The lowest BCUT2D eigenvalue weighted by atomic mass is 10.2. The minimum absolute atomic E-state index is 0.268. The zero-order valence-electron chi connectivity index (χ0n) is 12.5. The maximum absolute atomic E-state index is 11.9. The van der Waals surface area contributed by atoms with Crippen molar-refractivity contribution in [1.29, 1.82) is 0 Å². The molecule has 2 amide bonds. The quantitative estimate of drug-likeness (QED) is 0.913. The summed E-state index contributed by atoms with van der Waals surface area (Å²) in [5.74, 6) is 2.35. The van der Waals surface area contributed by atoms with Gasteiger partial charge in [0.15, 0.2) is 0 Å². The Bertz CT molecular complexity index is 634. The number of aryl methyl sites for hydroxylation is 1. The van der Waals surface area contributed by atoms with Crippen LogP contribution in [0.4, 0.5) is 21.9 Å². The number of anilines is 3. The smallest absolute Gasteiger partial charge is 0.323 e. The topological polar surface area (TPSA) is 62.2 Å². The number of rotatable bonds is 3. The summed E-state index contributed by atoms with van der Waals surface area (Å²) in [6, 6.07) is 7.70. The maximum atomic E-state index is 11.9. The summed E-state index contributed by atoms with van der Waals surface area (Å²) in [5.41, 5.74) is 2.65. The summed E-state index contributed by atoms with van der Waals surface area (Å²) in [7, 11) is 1.81. The van der Waals surface area contributed by atoms with Gasteiger partial charge in [-0.25, -0.2) is 4.79 Å². The van der Waals surface area contributed by atoms with Gasteiger partial charge in [-0.2, -0.15) is 16.9 Å². The number of benzene rings is 1. The van der Waals surface area contributed by atoms with E-state index >= 15 is 0 Å². The Morgan fingerprint density at radius 2 is 1.82 bits per heavy atom. The fourth-order valence-electron chi connectivity index (χ4n) is 2.36. The molecule has 116 valence electrons. The van der Waals surface area contributed by atoms with Crippen LogP contribution in [0.5, 0.6) is 0 Å². The van der Waals surface area contributed by atoms with E-state index in [1.807, 2.05) is 23.9 Å². The molecule has 0 atom stereocenters. The highest BCUT2D eigenvalue weighted by Crippen LogP contribution is 2.21. The lowest BCUT2D eigenvalue weighted by Gasteiger charge is -2.28. The van der Waals surface area contributed by atoms with Crippen LogP contribution < -0.4 is 15.5 Å². The molecule has 0 aliphatic carbocycles. The highest BCUT2D eigenvalue weighted by molar-refractivity contribution is 7.99. The summed E-state index contributed by atoms with van der Waals surface area (Å²) in [6.07, 6.45) is 3.36. The van der Waals surface area contributed by atoms with E-state index in [0.29, 0.717) is 5.69 Å². The van der Waals surface area contributed by atoms with Gasteiger partial charge in [0.1, 0.15) is 0 Å². The van der Waals surface area contributed by atoms with Gasteiger partial charge in [0.25, 0.3) is 0 Å². The summed E-state index contributed by atoms with van der Waals surface area (Å²) < 4.78 is 1.64. The third kappa shape index (κ3) is 3.73. The first-order chi connectivity index (χ1) is 10.7. The van der Waals surface area contributed by atoms with E-state index in [0.717, 1.165) is 18.8 Å². The Kier molecular flexibility index (Phi) is 4.53. The van der Waals surface area contributed by atoms with Crippen LogP contribution in [0.15, 0.2) is 36.7 Å². The predicted molar refractivity (Wildman–Crippen MR) is 91.8 cm³/mol. The lowest BCUT2D eigenvalue weighted by Crippen LogP contribution is -2.32. The molecule has 1 aliphatic heterocycles. The van der Waals surface area contributed by atoms with Crippen LogP contribution in [0.25, 0.3) is 0 Å². The van der Waals surface area contributed by atoms with E-state index in [1.54, 1.807) is 24.1 Å². The number of nitrogens with zero attached hydrogens (tertiary/aromatic N) is 3. The number of aromatic nitrogens is 2. The van der Waals surface area contributed by atoms with Crippen molar-refractivity contribution < 1.29 is 4.79 Å². The third-order valence-corrected chi connectivity index (χ3v) is 4.41. The van der Waals surface area contributed by atoms with Crippen LogP contribution in [-0.2, 0) is 7.05 Å². The molecule has 1 aromatic heterocycles. The van der Waals surface area contributed by atoms with Gasteiger partial charge in [0.05, 0.1) is 11.9 Å². The highest BCUT2D eigenvalue weighted by atomic mass is 32.2. The molecule has 22 heavy (non-hydrogen) atoms. The third-order valence-electron chi connectivity index (χ3n) is 3.46. The van der Waals surface area contributed by atoms with E-state index in [1.165, 1.54) is 17.2 Å². The van der Waals surface area contributed by atoms with Gasteiger partial charge in [-0.3, -0.25) is 4.68 Å². The molecule has 0 saturated carbocycles. The maximum Gasteiger partial charge on any atom is 0.323 e. The average Bonchev–Trinajstić information content (AvgIpc) is 2.94. The van der Waals surface area contributed by atoms with Gasteiger partial charge in [0, 0.05) is 49.2 Å². The molecule has 2 aromatic rings. The fourth-order valence-corrected chi connectivity index (χ4v) is 3.26. The molecule has 1 fully saturated rings. The molecule has 0 bridgehead atoms. The molecule has 1 aliphatic rings. The number of carbonyl (C=O) groups excluding carboxylic acids is 1. The first kappa shape index (κ1) is 14.8. The van der Waals surface area contributed by atoms with E-state index in [9.17, 15) is 4.79 Å². The zero-order chi connectivity index (χ0) is 15.4. The van der Waals surface area contributed by atoms with Crippen LogP contribution in [-0.4, -0.2) is 40.4 Å². The molecule has 0 spiro atoms. The largest absolute Gasteiger partial charge is 0.370 e. The molecule has 6 nitrogen and oxygen atoms in total. The van der Waals surface area contributed by atoms with Gasteiger partial charge < -0.3 is 15.5 Å². The summed E-state index contributed by atoms with van der Waals surface area (Å²) >= 11 is 1.99. The fraction of sp³-hybridized carbons (Fsp3) is 0.333. The van der Waals surface area contributed by atoms with Crippen molar-refractivity contribution in [1.82, 2.24) is 9.78 Å². The van der Waals surface area contributed by atoms with Gasteiger partial charge in [-0.1, -0.05) is 0 Å². The summed E-state index contributed by atoms with van der Waals surface area (Å²) in [6.45, 7) is 2.16. The zero-order valence-corrected chi connectivity index (χ0v) is 13.3. The molecule has 1 aromatic carbocycles. The van der Waals surface area contributed by atoms with Crippen molar-refractivity contribution in [3.63, 3.8) is 0 Å². The monoisotopic (exact) mass is 317 g/mol. The van der Waals surface area contributed by atoms with Crippen molar-refractivity contribution in [2.45, 2.75) is 0 Å². The summed E-state index contributed by atoms with van der Waals surface area (Å²) in [5, 5.41) is 9.57. The Hall–Kier alpha value is -2.15. The highest BCUT2D eigenvalue weighted by Gasteiger charge is 2.11. The molecule has 2 N–H and O–H groups in total. The molecule has 3 rings (SSSR count). The first-order valence-electron chi connectivity index (χ1n) is 7.20. The average molecular weight is 317 g/mol. The van der Waals surface area contributed by atoms with Crippen molar-refractivity contribution >= 4 is 34.9 Å². The SMILES string of the molecule is Cn1cc(NC(=O)Nc2ccc(N3CCSCC3)cc2)cn1. The van der Waals surface area contributed by atoms with Crippen LogP contribution in [0.3, 0.4) is 0 Å². The first-order valence-corrected chi connectivity index (χ1v) is 8.35. The molecule has 2 heterocycles. The van der Waals surface area contributed by atoms with Gasteiger partial charge in [-0.15, -0.1) is 0 Å². The van der Waals surface area contributed by atoms with E-state index in [2.05, 4.69) is 32.8 Å². The lowest BCUT2D eigenvalue weighted by molar-refractivity contribution is 0.262. The standard InChI is InChI=1S/C15H19N5OS/c1-19-11-13(10-16-19)18-15(21)17-12-2-4-14(5-3-12)20-6-8-22-9-7-20/h2-5,10-11H,6-9H2,1H3,(H2,17,18,21). The molecule has 0 unspecified atom stereocenters. The van der Waals surface area contributed by atoms with E-state index < -0.39 is 0 Å². The van der Waals surface area contributed by atoms with Crippen molar-refractivity contribution in [2.75, 3.05) is 40.1 Å². The minimum atomic E-state index is -0.268. The van der Waals surface area contributed by atoms with E-state index in [-0.39, 0.29) is 6.03 Å². The molecule has 0 radical (unpaired) electrons. The number of hydrogen-bond donors (Lipinski definition) is 2. The van der Waals surface area contributed by atoms with Gasteiger partial charge in [-0.05, 0) is 24.3 Å². The van der Waals surface area contributed by atoms with Gasteiger partial charge >= 0.3 is 6.03 Å². The van der Waals surface area contributed by atoms with Crippen LogP contribution in [0, 0.1) is 0 Å². The van der Waals surface area contributed by atoms with Crippen LogP contribution in [0.1, 0.15) is 0 Å². The summed E-state index contributed by atoms with van der Waals surface area (Å²) in [4.78, 5) is 14.3. The molecule has 1 saturated heterocycles. The number of thioether (sulfide) groups is 1. The Morgan fingerprint density at radius 3 is 2.45 bits per heavy atom. The normalized spacial score (nSPS) is 14.7. The number of carbonyl (C=O) groups is 1. The predicted octanol–water partition coefficient (Wildman–Crippen LogP) is 2.62. The second-order valence-corrected chi connectivity index (χ2v) is 6.35. The van der Waals surface area contributed by atoms with Crippen LogP contribution >= 0.6 is 11.8 Å². The number of nitrogens with one attached hydrogen (secondary N) is 2. The molecular weight excluding hydrogens is 298 g/mol. The van der Waals surface area contributed by atoms with Crippen molar-refractivity contribution in [3.8, 4) is 0 Å². The number of hydrogen-bond acceptors (Lipinski definition) is 4. The number of urea groups is 1. The van der Waals surface area contributed by atoms with E-state index in [4.69, 9.17) is 0 Å². The minimum Gasteiger partial charge on any atom is -0.370 e. The van der Waals surface area contributed by atoms with Gasteiger partial charge in [0.2, 0.25) is 0 Å². The second kappa shape index (κ2) is 6.74. The van der Waals surface area contributed by atoms with Crippen molar-refractivity contribution in [3.05, 3.63) is 36.7 Å². The van der Waals surface area contributed by atoms with Crippen LogP contribution in [0.2, 0.25) is 0 Å². The number of amides is 2. The molecular formula is C15H19N5OS. The Balaban J connectivity index is 1.57. The Morgan fingerprint density at radius 1 is 1.14 bits per heavy atom.